The van der Waals surface area contributed by atoms with Crippen LogP contribution in [0.1, 0.15) is 5.56 Å². The Morgan fingerprint density at radius 2 is 0.947 bits per heavy atom. The molecule has 0 saturated carbocycles. The van der Waals surface area contributed by atoms with E-state index in [1.54, 1.807) is 22.7 Å². The second-order valence-electron chi connectivity index (χ2n) is 19.2. The predicted octanol–water partition coefficient (Wildman–Crippen LogP) is 19.9. The number of nitrogens with zero attached hydrogens (tertiary/aromatic N) is 4. The molecule has 0 aliphatic carbocycles. The predicted molar refractivity (Wildman–Crippen MR) is 315 cm³/mol. The summed E-state index contributed by atoms with van der Waals surface area (Å²) in [6.45, 7) is 9.62. The fraction of sp³-hybridized carbons (Fsp3) is 0. The summed E-state index contributed by atoms with van der Waals surface area (Å²) in [4.78, 5) is 4.70. The van der Waals surface area contributed by atoms with Crippen LogP contribution in [0.25, 0.3) is 155 Å². The van der Waals surface area contributed by atoms with Gasteiger partial charge in [0.15, 0.2) is 0 Å². The largest absolute Gasteiger partial charge is 0.456 e. The standard InChI is InChI=1S/C68H36N4OS2/c1-70-61-57(40-20-7-3-8-21-40)51(38-69)63(71-52-36-37-54-60(49-26-11-14-29-53(49)73-54)59(52)50-28-17-27-42(62(50)71)39-18-5-2-6-19-39)58(41-22-9-4-10-23-41)66(61)72-64-45(32-34-47-43-24-12-15-30-55(43)74-67(47)64)46-33-35-48-44-25-13-16-31-56(44)75-68(48)65(46)72/h2-37H. The van der Waals surface area contributed by atoms with Crippen molar-refractivity contribution in [3.63, 3.8) is 0 Å². The van der Waals surface area contributed by atoms with Crippen LogP contribution in [0.4, 0.5) is 5.69 Å². The summed E-state index contributed by atoms with van der Waals surface area (Å²) in [6.07, 6.45) is 0. The molecular formula is C68H36N4OS2. The quantitative estimate of drug-likeness (QED) is 0.161. The number of furan rings is 1. The van der Waals surface area contributed by atoms with Crippen LogP contribution < -0.4 is 0 Å². The van der Waals surface area contributed by atoms with Crippen LogP contribution in [-0.2, 0) is 0 Å². The zero-order valence-electron chi connectivity index (χ0n) is 39.8. The maximum Gasteiger partial charge on any atom is 0.220 e. The van der Waals surface area contributed by atoms with Crippen LogP contribution in [0.5, 0.6) is 0 Å². The Balaban J connectivity index is 1.22. The van der Waals surface area contributed by atoms with E-state index in [4.69, 9.17) is 9.26 Å². The molecular weight excluding hydrogens is 953 g/mol. The monoisotopic (exact) mass is 988 g/mol. The third-order valence-corrected chi connectivity index (χ3v) is 17.8. The first kappa shape index (κ1) is 41.8. The van der Waals surface area contributed by atoms with Crippen LogP contribution in [-0.4, -0.2) is 9.13 Å². The summed E-state index contributed by atoms with van der Waals surface area (Å²) < 4.78 is 16.1. The topological polar surface area (TPSA) is 51.1 Å². The molecule has 0 aliphatic heterocycles. The molecule has 5 nitrogen and oxygen atoms in total. The minimum absolute atomic E-state index is 0.405. The molecule has 0 aliphatic rings. The van der Waals surface area contributed by atoms with Crippen molar-refractivity contribution in [1.82, 2.24) is 9.13 Å². The zero-order chi connectivity index (χ0) is 49.5. The number of benzene rings is 11. The third kappa shape index (κ3) is 5.74. The SMILES string of the molecule is [C-]#[N+]c1c(-c2ccccc2)c(C#N)c(-n2c3ccc4oc5ccccc5c4c3c3cccc(-c4ccccc4)c32)c(-c2ccccc2)c1-n1c2c(ccc3c4ccccc4sc32)c2ccc3c4ccccc4sc3c21. The lowest BCUT2D eigenvalue weighted by Gasteiger charge is -2.26. The molecule has 7 heteroatoms. The molecule has 0 unspecified atom stereocenters. The summed E-state index contributed by atoms with van der Waals surface area (Å²) in [5.74, 6) is 0. The molecule has 16 aromatic rings. The van der Waals surface area contributed by atoms with E-state index in [2.05, 4.69) is 185 Å². The van der Waals surface area contributed by atoms with Crippen LogP contribution in [0.2, 0.25) is 0 Å². The summed E-state index contributed by atoms with van der Waals surface area (Å²) >= 11 is 3.59. The second-order valence-corrected chi connectivity index (χ2v) is 21.3. The summed E-state index contributed by atoms with van der Waals surface area (Å²) in [5.41, 5.74) is 12.9. The van der Waals surface area contributed by atoms with Gasteiger partial charge in [-0.3, -0.25) is 0 Å². The molecule has 0 amide bonds. The van der Waals surface area contributed by atoms with Gasteiger partial charge in [-0.2, -0.15) is 5.26 Å². The Labute approximate surface area is 436 Å². The van der Waals surface area contributed by atoms with Crippen molar-refractivity contribution in [2.24, 2.45) is 0 Å². The lowest BCUT2D eigenvalue weighted by Crippen LogP contribution is -2.09. The first-order chi connectivity index (χ1) is 37.2. The molecule has 75 heavy (non-hydrogen) atoms. The maximum absolute atomic E-state index is 12.3. The number of thiophene rings is 2. The average molecular weight is 989 g/mol. The van der Waals surface area contributed by atoms with E-state index < -0.39 is 0 Å². The smallest absolute Gasteiger partial charge is 0.220 e. The Hall–Kier alpha value is -9.76. The van der Waals surface area contributed by atoms with E-state index in [0.717, 1.165) is 119 Å². The van der Waals surface area contributed by atoms with Crippen LogP contribution in [0, 0.1) is 17.9 Å². The van der Waals surface area contributed by atoms with E-state index in [-0.39, 0.29) is 0 Å². The number of hydrogen-bond acceptors (Lipinski definition) is 4. The molecule has 5 aromatic heterocycles. The van der Waals surface area contributed by atoms with Crippen molar-refractivity contribution in [3.05, 3.63) is 235 Å². The normalized spacial score (nSPS) is 12.0. The first-order valence-electron chi connectivity index (χ1n) is 24.9. The molecule has 0 fully saturated rings. The van der Waals surface area contributed by atoms with Crippen molar-refractivity contribution in [2.75, 3.05) is 0 Å². The van der Waals surface area contributed by atoms with Crippen molar-refractivity contribution in [3.8, 4) is 50.8 Å². The minimum atomic E-state index is 0.405. The molecule has 0 radical (unpaired) electrons. The van der Waals surface area contributed by atoms with Gasteiger partial charge in [-0.25, -0.2) is 4.85 Å². The lowest BCUT2D eigenvalue weighted by molar-refractivity contribution is 0.669. The second kappa shape index (κ2) is 15.9. The van der Waals surface area contributed by atoms with Crippen LogP contribution >= 0.6 is 22.7 Å². The van der Waals surface area contributed by atoms with Crippen LogP contribution in [0.3, 0.4) is 0 Å². The molecule has 0 saturated heterocycles. The van der Waals surface area contributed by atoms with Gasteiger partial charge >= 0.3 is 0 Å². The highest BCUT2D eigenvalue weighted by atomic mass is 32.1. The number of aromatic nitrogens is 2. The van der Waals surface area contributed by atoms with Gasteiger partial charge < -0.3 is 13.6 Å². The lowest BCUT2D eigenvalue weighted by atomic mass is 9.88. The number of fused-ring (bicyclic) bond motifs is 18. The fourth-order valence-electron chi connectivity index (χ4n) is 12.4. The average Bonchev–Trinajstić information content (AvgIpc) is 4.30. The Kier molecular flexibility index (Phi) is 8.85. The van der Waals surface area contributed by atoms with Crippen LogP contribution in [0.15, 0.2) is 223 Å². The zero-order valence-corrected chi connectivity index (χ0v) is 41.4. The third-order valence-electron chi connectivity index (χ3n) is 15.4. The van der Waals surface area contributed by atoms with E-state index in [1.807, 2.05) is 48.5 Å². The molecule has 0 spiro atoms. The van der Waals surface area contributed by atoms with E-state index in [1.165, 1.54) is 20.2 Å². The van der Waals surface area contributed by atoms with Gasteiger partial charge in [-0.15, -0.1) is 22.7 Å². The first-order valence-corrected chi connectivity index (χ1v) is 26.6. The van der Waals surface area contributed by atoms with Crippen molar-refractivity contribution in [1.29, 1.82) is 5.26 Å². The maximum atomic E-state index is 12.3. The van der Waals surface area contributed by atoms with Gasteiger partial charge in [-0.05, 0) is 47.0 Å². The van der Waals surface area contributed by atoms with Gasteiger partial charge in [0.1, 0.15) is 17.2 Å². The van der Waals surface area contributed by atoms with E-state index in [0.29, 0.717) is 22.5 Å². The number of hydrogen-bond donors (Lipinski definition) is 0. The van der Waals surface area contributed by atoms with E-state index >= 15 is 0 Å². The number of para-hydroxylation sites is 2. The molecule has 11 aromatic carbocycles. The highest BCUT2D eigenvalue weighted by molar-refractivity contribution is 7.27. The van der Waals surface area contributed by atoms with Crippen molar-refractivity contribution < 1.29 is 4.42 Å². The molecule has 5 heterocycles. The number of nitriles is 1. The molecule has 346 valence electrons. The summed E-state index contributed by atoms with van der Waals surface area (Å²) in [6, 6.07) is 79.5. The minimum Gasteiger partial charge on any atom is -0.456 e. The van der Waals surface area contributed by atoms with Gasteiger partial charge in [0.25, 0.3) is 0 Å². The van der Waals surface area contributed by atoms with Gasteiger partial charge in [-0.1, -0.05) is 188 Å². The molecule has 16 rings (SSSR count). The Morgan fingerprint density at radius 1 is 0.413 bits per heavy atom. The Morgan fingerprint density at radius 3 is 1.56 bits per heavy atom. The van der Waals surface area contributed by atoms with Gasteiger partial charge in [0, 0.05) is 80.0 Å². The van der Waals surface area contributed by atoms with Gasteiger partial charge in [0.05, 0.1) is 55.0 Å². The highest BCUT2D eigenvalue weighted by Crippen LogP contribution is 2.56. The number of rotatable bonds is 5. The summed E-state index contributed by atoms with van der Waals surface area (Å²) in [7, 11) is 0. The van der Waals surface area contributed by atoms with Gasteiger partial charge in [0.2, 0.25) is 5.69 Å². The van der Waals surface area contributed by atoms with Crippen molar-refractivity contribution in [2.45, 2.75) is 0 Å². The fourth-order valence-corrected chi connectivity index (χ4v) is 14.8. The van der Waals surface area contributed by atoms with Crippen molar-refractivity contribution >= 4 is 134 Å². The Bertz CT molecular complexity index is 5070. The molecule has 0 bridgehead atoms. The summed E-state index contributed by atoms with van der Waals surface area (Å²) in [5, 5.41) is 23.3. The molecule has 0 atom stereocenters. The van der Waals surface area contributed by atoms with E-state index in [9.17, 15) is 11.8 Å². The molecule has 0 N–H and O–H groups in total. The highest BCUT2D eigenvalue weighted by Gasteiger charge is 2.34.